The minimum atomic E-state index is -3.58. The van der Waals surface area contributed by atoms with Gasteiger partial charge in [-0.05, 0) is 25.7 Å². The first-order valence-electron chi connectivity index (χ1n) is 17.8. The van der Waals surface area contributed by atoms with Gasteiger partial charge in [0.1, 0.15) is 0 Å². The summed E-state index contributed by atoms with van der Waals surface area (Å²) >= 11 is -3.58. The zero-order chi connectivity index (χ0) is 33.4. The summed E-state index contributed by atoms with van der Waals surface area (Å²) in [5.41, 5.74) is 0. The summed E-state index contributed by atoms with van der Waals surface area (Å²) in [5.74, 6) is 0. The Kier molecular flexibility index (Phi) is 51.9. The summed E-state index contributed by atoms with van der Waals surface area (Å²) in [6, 6.07) is 0. The van der Waals surface area contributed by atoms with E-state index in [0.717, 1.165) is 25.7 Å². The third-order valence-electron chi connectivity index (χ3n) is 6.80. The molecule has 0 fully saturated rings. The van der Waals surface area contributed by atoms with Gasteiger partial charge >= 0.3 is 46.5 Å². The Hall–Kier alpha value is 1.05. The molecule has 0 amide bonds. The molecule has 9 nitrogen and oxygen atoms in total. The van der Waals surface area contributed by atoms with Gasteiger partial charge in [-0.25, -0.2) is 0 Å². The van der Waals surface area contributed by atoms with Crippen LogP contribution in [0.1, 0.15) is 182 Å². The Morgan fingerprint density at radius 1 is 0.386 bits per heavy atom. The number of rotatable bonds is 32. The summed E-state index contributed by atoms with van der Waals surface area (Å²) < 4.78 is 44.4. The van der Waals surface area contributed by atoms with Gasteiger partial charge in [0.05, 0.1) is 26.4 Å². The van der Waals surface area contributed by atoms with Gasteiger partial charge in [0.15, 0.2) is 0 Å². The minimum absolute atomic E-state index is 0.630. The van der Waals surface area contributed by atoms with Crippen molar-refractivity contribution in [2.45, 2.75) is 182 Å². The zero-order valence-electron chi connectivity index (χ0n) is 29.0. The van der Waals surface area contributed by atoms with E-state index in [1.54, 1.807) is 0 Å². The molecule has 0 aromatic rings. The van der Waals surface area contributed by atoms with E-state index >= 15 is 0 Å². The summed E-state index contributed by atoms with van der Waals surface area (Å²) in [5, 5.41) is 0. The van der Waals surface area contributed by atoms with Crippen LogP contribution in [0.15, 0.2) is 0 Å². The first-order chi connectivity index (χ1) is 21.3. The van der Waals surface area contributed by atoms with Crippen LogP contribution in [0.3, 0.4) is 0 Å². The van der Waals surface area contributed by atoms with Crippen molar-refractivity contribution in [3.63, 3.8) is 0 Å². The molecule has 44 heavy (non-hydrogen) atoms. The third-order valence-corrected chi connectivity index (χ3v) is 8.41. The quantitative estimate of drug-likeness (QED) is 0.0305. The Morgan fingerprint density at radius 3 is 0.727 bits per heavy atom. The maximum absolute atomic E-state index is 9.55. The van der Waals surface area contributed by atoms with Crippen LogP contribution in [0.25, 0.3) is 0 Å². The van der Waals surface area contributed by atoms with Crippen molar-refractivity contribution < 1.29 is 57.2 Å². The molecule has 0 aliphatic heterocycles. The topological polar surface area (TPSA) is 135 Å². The Bertz CT molecular complexity index is 448. The first-order valence-corrected chi connectivity index (χ1v) is 22.1. The van der Waals surface area contributed by atoms with Gasteiger partial charge in [0.2, 0.25) is 0 Å². The summed E-state index contributed by atoms with van der Waals surface area (Å²) in [6.07, 6.45) is 29.7. The Balaban J connectivity index is -0.000000680. The van der Waals surface area contributed by atoms with Crippen LogP contribution in [-0.2, 0) is 40.0 Å². The molecule has 12 heteroatoms. The molecule has 0 radical (unpaired) electrons. The molecule has 4 N–H and O–H groups in total. The monoisotopic (exact) mass is 710 g/mol. The number of hydrogen-bond donors (Lipinski definition) is 4. The molecule has 0 rings (SSSR count). The molecule has 0 aliphatic carbocycles. The van der Waals surface area contributed by atoms with Crippen LogP contribution in [0.4, 0.5) is 0 Å². The van der Waals surface area contributed by atoms with E-state index in [0.29, 0.717) is 26.4 Å². The van der Waals surface area contributed by atoms with Crippen molar-refractivity contribution in [1.29, 1.82) is 0 Å². The molecule has 0 atom stereocenters. The predicted molar refractivity (Wildman–Crippen MR) is 181 cm³/mol. The van der Waals surface area contributed by atoms with E-state index in [1.807, 2.05) is 0 Å². The van der Waals surface area contributed by atoms with Gasteiger partial charge in [-0.2, -0.15) is 0 Å². The molecule has 0 bridgehead atoms. The van der Waals surface area contributed by atoms with Crippen molar-refractivity contribution in [1.82, 2.24) is 0 Å². The molecular formula is C32H72O9P2Ti. The van der Waals surface area contributed by atoms with Gasteiger partial charge in [-0.15, -0.1) is 0 Å². The van der Waals surface area contributed by atoms with Crippen LogP contribution in [-0.4, -0.2) is 43.6 Å². The zero-order valence-corrected chi connectivity index (χ0v) is 32.4. The molecule has 268 valence electrons. The second-order valence-corrected chi connectivity index (χ2v) is 14.0. The molecule has 0 aromatic heterocycles. The average Bonchev–Trinajstić information content (AvgIpc) is 2.99. The SMILES string of the molecule is CCCCCCCCOP(O)OCCCCCCCC.CCCCCCCCOP(O)OCCCCCCCC.[O]=[Ti]([OH])[OH]. The van der Waals surface area contributed by atoms with Gasteiger partial charge < -0.3 is 27.9 Å². The first kappa shape index (κ1) is 49.4. The van der Waals surface area contributed by atoms with E-state index in [9.17, 15) is 9.79 Å². The fraction of sp³-hybridized carbons (Fsp3) is 1.00. The van der Waals surface area contributed by atoms with Crippen LogP contribution < -0.4 is 0 Å². The Labute approximate surface area is 281 Å². The molecule has 0 saturated carbocycles. The van der Waals surface area contributed by atoms with E-state index in [2.05, 4.69) is 27.7 Å². The van der Waals surface area contributed by atoms with Crippen molar-refractivity contribution in [3.8, 4) is 0 Å². The van der Waals surface area contributed by atoms with Crippen LogP contribution in [0.5, 0.6) is 0 Å². The molecule has 0 spiro atoms. The fourth-order valence-corrected chi connectivity index (χ4v) is 5.46. The third kappa shape index (κ3) is 55.5. The molecule has 0 aliphatic rings. The molecule has 0 aromatic carbocycles. The van der Waals surface area contributed by atoms with E-state index < -0.39 is 35.8 Å². The van der Waals surface area contributed by atoms with Gasteiger partial charge in [0.25, 0.3) is 0 Å². The van der Waals surface area contributed by atoms with Gasteiger partial charge in [-0.3, -0.25) is 0 Å². The summed E-state index contributed by atoms with van der Waals surface area (Å²) in [6.45, 7) is 11.4. The van der Waals surface area contributed by atoms with Crippen molar-refractivity contribution in [3.05, 3.63) is 0 Å². The molecular weight excluding hydrogens is 638 g/mol. The standard InChI is InChI=1S/2C16H35O3P.2H2O.O.Ti/c2*1-3-5-7-9-11-13-15-18-20(17)19-16-14-12-10-8-6-4-2;;;;/h2*17H,3-16H2,1-2H3;2*1H2;;/q;;;;;+2/p-2. The Morgan fingerprint density at radius 2 is 0.545 bits per heavy atom. The maximum atomic E-state index is 9.55. The van der Waals surface area contributed by atoms with E-state index in [4.69, 9.17) is 28.8 Å². The second kappa shape index (κ2) is 46.2. The average molecular weight is 711 g/mol. The number of hydrogen-bond acceptors (Lipinski definition) is 7. The summed E-state index contributed by atoms with van der Waals surface area (Å²) in [4.78, 5) is 19.1. The van der Waals surface area contributed by atoms with Crippen LogP contribution in [0.2, 0.25) is 0 Å². The van der Waals surface area contributed by atoms with E-state index in [1.165, 1.54) is 128 Å². The van der Waals surface area contributed by atoms with Crippen LogP contribution >= 0.6 is 17.2 Å². The molecule has 0 unspecified atom stereocenters. The van der Waals surface area contributed by atoms with Crippen molar-refractivity contribution in [2.75, 3.05) is 26.4 Å². The summed E-state index contributed by atoms with van der Waals surface area (Å²) in [7, 11) is -3.27. The van der Waals surface area contributed by atoms with Crippen LogP contribution in [0, 0.1) is 0 Å². The fourth-order valence-electron chi connectivity index (χ4n) is 4.17. The van der Waals surface area contributed by atoms with Gasteiger partial charge in [0, 0.05) is 0 Å². The van der Waals surface area contributed by atoms with E-state index in [-0.39, 0.29) is 0 Å². The van der Waals surface area contributed by atoms with Crippen molar-refractivity contribution >= 4 is 17.2 Å². The van der Waals surface area contributed by atoms with Gasteiger partial charge in [-0.1, -0.05) is 156 Å². The number of unbranched alkanes of at least 4 members (excludes halogenated alkanes) is 20. The molecule has 0 saturated heterocycles. The van der Waals surface area contributed by atoms with Crippen molar-refractivity contribution in [2.24, 2.45) is 0 Å². The molecule has 0 heterocycles. The normalized spacial score (nSPS) is 11.0. The second-order valence-electron chi connectivity index (χ2n) is 11.2. The predicted octanol–water partition coefficient (Wildman–Crippen LogP) is 10.7.